The lowest BCUT2D eigenvalue weighted by atomic mass is 9.87. The second-order valence-electron chi connectivity index (χ2n) is 3.42. The van der Waals surface area contributed by atoms with Gasteiger partial charge in [-0.1, -0.05) is 0 Å². The number of carbonyl (C=O) groups excluding carboxylic acids is 1. The molecule has 13 heavy (non-hydrogen) atoms. The topological polar surface area (TPSA) is 63.6 Å². The summed E-state index contributed by atoms with van der Waals surface area (Å²) >= 11 is 0. The van der Waals surface area contributed by atoms with Crippen molar-refractivity contribution >= 4 is 11.9 Å². The predicted molar refractivity (Wildman–Crippen MR) is 45.1 cm³/mol. The number of ether oxygens (including phenoxy) is 1. The van der Waals surface area contributed by atoms with Crippen LogP contribution in [0.1, 0.15) is 32.6 Å². The minimum atomic E-state index is -0.735. The number of rotatable bonds is 2. The molecule has 1 rings (SSSR count). The normalized spacial score (nSPS) is 28.1. The number of carboxylic acid groups (broad SMARTS) is 1. The maximum atomic E-state index is 10.6. The lowest BCUT2D eigenvalue weighted by Gasteiger charge is -2.25. The van der Waals surface area contributed by atoms with Crippen molar-refractivity contribution in [3.05, 3.63) is 0 Å². The van der Waals surface area contributed by atoms with Gasteiger partial charge in [0.05, 0.1) is 5.92 Å². The fourth-order valence-corrected chi connectivity index (χ4v) is 1.66. The number of aliphatic carboxylic acids is 1. The van der Waals surface area contributed by atoms with Gasteiger partial charge in [0, 0.05) is 6.92 Å². The zero-order valence-electron chi connectivity index (χ0n) is 7.66. The first kappa shape index (κ1) is 10.0. The van der Waals surface area contributed by atoms with E-state index in [2.05, 4.69) is 0 Å². The van der Waals surface area contributed by atoms with Crippen molar-refractivity contribution in [2.75, 3.05) is 0 Å². The fraction of sp³-hybridized carbons (Fsp3) is 0.778. The van der Waals surface area contributed by atoms with Gasteiger partial charge in [0.25, 0.3) is 0 Å². The third-order valence-electron chi connectivity index (χ3n) is 2.36. The molecule has 4 nitrogen and oxygen atoms in total. The van der Waals surface area contributed by atoms with Crippen LogP contribution in [0.2, 0.25) is 0 Å². The smallest absolute Gasteiger partial charge is 0.306 e. The zero-order valence-corrected chi connectivity index (χ0v) is 7.66. The van der Waals surface area contributed by atoms with E-state index in [9.17, 15) is 9.59 Å². The molecule has 1 saturated carbocycles. The second kappa shape index (κ2) is 4.25. The number of esters is 1. The van der Waals surface area contributed by atoms with E-state index in [-0.39, 0.29) is 18.0 Å². The minimum Gasteiger partial charge on any atom is -0.481 e. The van der Waals surface area contributed by atoms with Crippen molar-refractivity contribution in [1.82, 2.24) is 0 Å². The molecule has 1 fully saturated rings. The Morgan fingerprint density at radius 3 is 2.15 bits per heavy atom. The molecule has 1 aliphatic rings. The summed E-state index contributed by atoms with van der Waals surface area (Å²) in [7, 11) is 0. The molecule has 0 unspecified atom stereocenters. The number of carbonyl (C=O) groups is 2. The average molecular weight is 186 g/mol. The summed E-state index contributed by atoms with van der Waals surface area (Å²) in [6.45, 7) is 1.38. The molecule has 0 radical (unpaired) electrons. The third kappa shape index (κ3) is 3.05. The summed E-state index contributed by atoms with van der Waals surface area (Å²) in [4.78, 5) is 21.2. The van der Waals surface area contributed by atoms with Gasteiger partial charge >= 0.3 is 11.9 Å². The summed E-state index contributed by atoms with van der Waals surface area (Å²) in [6, 6.07) is 0. The van der Waals surface area contributed by atoms with Gasteiger partial charge in [0.2, 0.25) is 0 Å². The highest BCUT2D eigenvalue weighted by atomic mass is 16.5. The standard InChI is InChI=1S/C9H14O4/c1-6(10)13-8-4-2-7(3-5-8)9(11)12/h7-8H,2-5H2,1H3,(H,11,12)/t7-,8+. The van der Waals surface area contributed by atoms with E-state index in [1.165, 1.54) is 6.92 Å². The Morgan fingerprint density at radius 2 is 1.77 bits per heavy atom. The molecule has 74 valence electrons. The van der Waals surface area contributed by atoms with Crippen LogP contribution in [0.3, 0.4) is 0 Å². The first-order chi connectivity index (χ1) is 6.09. The van der Waals surface area contributed by atoms with Crippen molar-refractivity contribution in [3.8, 4) is 0 Å². The van der Waals surface area contributed by atoms with E-state index in [4.69, 9.17) is 9.84 Å². The molecule has 0 aliphatic heterocycles. The summed E-state index contributed by atoms with van der Waals surface area (Å²) in [6.07, 6.45) is 2.53. The van der Waals surface area contributed by atoms with Crippen molar-refractivity contribution in [2.45, 2.75) is 38.7 Å². The Morgan fingerprint density at radius 1 is 1.23 bits per heavy atom. The molecule has 4 heteroatoms. The number of hydrogen-bond donors (Lipinski definition) is 1. The van der Waals surface area contributed by atoms with Crippen LogP contribution < -0.4 is 0 Å². The maximum Gasteiger partial charge on any atom is 0.306 e. The molecule has 0 saturated heterocycles. The molecule has 0 spiro atoms. The van der Waals surface area contributed by atoms with Crippen LogP contribution in [0.4, 0.5) is 0 Å². The minimum absolute atomic E-state index is 0.0619. The quantitative estimate of drug-likeness (QED) is 0.658. The number of hydrogen-bond acceptors (Lipinski definition) is 3. The van der Waals surface area contributed by atoms with Crippen molar-refractivity contribution < 1.29 is 19.4 Å². The Labute approximate surface area is 76.9 Å². The third-order valence-corrected chi connectivity index (χ3v) is 2.36. The van der Waals surface area contributed by atoms with Gasteiger partial charge in [0.15, 0.2) is 0 Å². The van der Waals surface area contributed by atoms with Crippen LogP contribution in [0, 0.1) is 5.92 Å². The van der Waals surface area contributed by atoms with Crippen LogP contribution in [0.25, 0.3) is 0 Å². The van der Waals surface area contributed by atoms with E-state index < -0.39 is 5.97 Å². The van der Waals surface area contributed by atoms with Crippen LogP contribution in [-0.2, 0) is 14.3 Å². The lowest BCUT2D eigenvalue weighted by Crippen LogP contribution is -2.27. The molecule has 0 bridgehead atoms. The monoisotopic (exact) mass is 186 g/mol. The van der Waals surface area contributed by atoms with Gasteiger partial charge in [-0.15, -0.1) is 0 Å². The highest BCUT2D eigenvalue weighted by Crippen LogP contribution is 2.26. The Hall–Kier alpha value is -1.06. The van der Waals surface area contributed by atoms with Gasteiger partial charge in [0.1, 0.15) is 6.10 Å². The molecule has 1 aliphatic carbocycles. The highest BCUT2D eigenvalue weighted by Gasteiger charge is 2.27. The Kier molecular flexibility index (Phi) is 3.28. The molecule has 0 aromatic carbocycles. The van der Waals surface area contributed by atoms with Crippen molar-refractivity contribution in [2.24, 2.45) is 5.92 Å². The maximum absolute atomic E-state index is 10.6. The second-order valence-corrected chi connectivity index (χ2v) is 3.42. The van der Waals surface area contributed by atoms with Gasteiger partial charge in [-0.05, 0) is 25.7 Å². The molecule has 0 aromatic rings. The zero-order chi connectivity index (χ0) is 9.84. The van der Waals surface area contributed by atoms with Crippen LogP contribution >= 0.6 is 0 Å². The van der Waals surface area contributed by atoms with E-state index in [0.29, 0.717) is 25.7 Å². The van der Waals surface area contributed by atoms with E-state index in [0.717, 1.165) is 0 Å². The van der Waals surface area contributed by atoms with E-state index in [1.54, 1.807) is 0 Å². The number of carboxylic acids is 1. The molecule has 0 amide bonds. The summed E-state index contributed by atoms with van der Waals surface area (Å²) in [5.41, 5.74) is 0. The van der Waals surface area contributed by atoms with Gasteiger partial charge < -0.3 is 9.84 Å². The van der Waals surface area contributed by atoms with E-state index >= 15 is 0 Å². The Balaban J connectivity index is 2.30. The molecule has 1 N–H and O–H groups in total. The first-order valence-electron chi connectivity index (χ1n) is 4.49. The van der Waals surface area contributed by atoms with Crippen molar-refractivity contribution in [3.63, 3.8) is 0 Å². The predicted octanol–water partition coefficient (Wildman–Crippen LogP) is 1.19. The fourth-order valence-electron chi connectivity index (χ4n) is 1.66. The van der Waals surface area contributed by atoms with E-state index in [1.807, 2.05) is 0 Å². The first-order valence-corrected chi connectivity index (χ1v) is 4.49. The molecular weight excluding hydrogens is 172 g/mol. The summed E-state index contributed by atoms with van der Waals surface area (Å²) < 4.78 is 4.99. The van der Waals surface area contributed by atoms with Crippen LogP contribution in [-0.4, -0.2) is 23.1 Å². The molecule has 0 atom stereocenters. The SMILES string of the molecule is CC(=O)O[C@H]1CC[C@@H](C(=O)O)CC1. The van der Waals surface area contributed by atoms with Gasteiger partial charge in [-0.25, -0.2) is 0 Å². The highest BCUT2D eigenvalue weighted by molar-refractivity contribution is 5.70. The van der Waals surface area contributed by atoms with Crippen LogP contribution in [0.5, 0.6) is 0 Å². The van der Waals surface area contributed by atoms with Gasteiger partial charge in [-0.3, -0.25) is 9.59 Å². The molecule has 0 heterocycles. The van der Waals surface area contributed by atoms with Crippen molar-refractivity contribution in [1.29, 1.82) is 0 Å². The average Bonchev–Trinajstić information content (AvgIpc) is 2.04. The lowest BCUT2D eigenvalue weighted by molar-refractivity contribution is -0.150. The summed E-state index contributed by atoms with van der Waals surface area (Å²) in [5, 5.41) is 8.70. The summed E-state index contributed by atoms with van der Waals surface area (Å²) in [5.74, 6) is -1.26. The Bertz CT molecular complexity index is 204. The van der Waals surface area contributed by atoms with Gasteiger partial charge in [-0.2, -0.15) is 0 Å². The molecular formula is C9H14O4. The largest absolute Gasteiger partial charge is 0.481 e. The molecule has 0 aromatic heterocycles. The van der Waals surface area contributed by atoms with Crippen LogP contribution in [0.15, 0.2) is 0 Å².